The van der Waals surface area contributed by atoms with Crippen molar-refractivity contribution < 1.29 is 9.90 Å². The summed E-state index contributed by atoms with van der Waals surface area (Å²) in [6.07, 6.45) is 4.83. The molecule has 0 aromatic heterocycles. The fourth-order valence-corrected chi connectivity index (χ4v) is 1.21. The van der Waals surface area contributed by atoms with Gasteiger partial charge in [-0.05, 0) is 12.8 Å². The van der Waals surface area contributed by atoms with Crippen LogP contribution in [0.5, 0.6) is 0 Å². The van der Waals surface area contributed by atoms with E-state index in [9.17, 15) is 9.90 Å². The standard InChI is InChI=1S/C7H12NO2/c8-6(9)7(10)4-2-1-3-5-7/h4,10H,1-3,5H2,(H2,8,9)/t7-/m0/s1. The highest BCUT2D eigenvalue weighted by Gasteiger charge is 2.35. The predicted molar refractivity (Wildman–Crippen MR) is 36.9 cm³/mol. The van der Waals surface area contributed by atoms with E-state index < -0.39 is 11.5 Å². The van der Waals surface area contributed by atoms with Crippen molar-refractivity contribution in [3.8, 4) is 0 Å². The monoisotopic (exact) mass is 142 g/mol. The van der Waals surface area contributed by atoms with Gasteiger partial charge in [-0.15, -0.1) is 0 Å². The maximum absolute atomic E-state index is 10.6. The summed E-state index contributed by atoms with van der Waals surface area (Å²) in [5.74, 6) is -0.618. The van der Waals surface area contributed by atoms with Crippen molar-refractivity contribution in [1.82, 2.24) is 0 Å². The van der Waals surface area contributed by atoms with Crippen LogP contribution in [-0.4, -0.2) is 16.6 Å². The summed E-state index contributed by atoms with van der Waals surface area (Å²) >= 11 is 0. The molecule has 1 saturated carbocycles. The second-order valence-corrected chi connectivity index (χ2v) is 2.74. The molecule has 0 saturated heterocycles. The quantitative estimate of drug-likeness (QED) is 0.540. The van der Waals surface area contributed by atoms with Crippen molar-refractivity contribution in [3.05, 3.63) is 6.42 Å². The lowest BCUT2D eigenvalue weighted by Crippen LogP contribution is -2.45. The van der Waals surface area contributed by atoms with E-state index in [-0.39, 0.29) is 0 Å². The fraction of sp³-hybridized carbons (Fsp3) is 0.714. The Bertz CT molecular complexity index is 139. The summed E-state index contributed by atoms with van der Waals surface area (Å²) in [6, 6.07) is 0. The zero-order valence-corrected chi connectivity index (χ0v) is 5.84. The molecule has 0 aromatic rings. The summed E-state index contributed by atoms with van der Waals surface area (Å²) in [5, 5.41) is 9.42. The summed E-state index contributed by atoms with van der Waals surface area (Å²) in [7, 11) is 0. The third kappa shape index (κ3) is 1.29. The number of aliphatic hydroxyl groups is 1. The lowest BCUT2D eigenvalue weighted by atomic mass is 9.84. The third-order valence-electron chi connectivity index (χ3n) is 1.92. The van der Waals surface area contributed by atoms with Gasteiger partial charge in [0.25, 0.3) is 0 Å². The Balaban J connectivity index is 2.56. The number of amides is 1. The topological polar surface area (TPSA) is 63.3 Å². The SMILES string of the molecule is NC(=O)[C@]1(O)[CH]CCCC1. The van der Waals surface area contributed by atoms with Crippen LogP contribution in [0.4, 0.5) is 0 Å². The van der Waals surface area contributed by atoms with Crippen molar-refractivity contribution in [1.29, 1.82) is 0 Å². The van der Waals surface area contributed by atoms with Gasteiger partial charge in [0.1, 0.15) is 5.60 Å². The molecule has 57 valence electrons. The number of rotatable bonds is 1. The molecule has 3 nitrogen and oxygen atoms in total. The molecule has 10 heavy (non-hydrogen) atoms. The van der Waals surface area contributed by atoms with Crippen molar-refractivity contribution in [2.45, 2.75) is 31.3 Å². The Morgan fingerprint density at radius 3 is 2.60 bits per heavy atom. The van der Waals surface area contributed by atoms with Gasteiger partial charge in [-0.3, -0.25) is 4.79 Å². The van der Waals surface area contributed by atoms with Crippen LogP contribution in [0.2, 0.25) is 0 Å². The molecule has 0 heterocycles. The van der Waals surface area contributed by atoms with E-state index in [1.807, 2.05) is 0 Å². The highest BCUT2D eigenvalue weighted by molar-refractivity contribution is 5.84. The lowest BCUT2D eigenvalue weighted by Gasteiger charge is -2.27. The van der Waals surface area contributed by atoms with Gasteiger partial charge in [0.05, 0.1) is 0 Å². The first-order valence-electron chi connectivity index (χ1n) is 3.52. The van der Waals surface area contributed by atoms with Gasteiger partial charge < -0.3 is 10.8 Å². The first-order valence-corrected chi connectivity index (χ1v) is 3.52. The van der Waals surface area contributed by atoms with E-state index in [0.717, 1.165) is 19.3 Å². The van der Waals surface area contributed by atoms with Crippen molar-refractivity contribution in [2.75, 3.05) is 0 Å². The van der Waals surface area contributed by atoms with Gasteiger partial charge in [-0.25, -0.2) is 0 Å². The molecule has 1 atom stereocenters. The Labute approximate surface area is 60.2 Å². The van der Waals surface area contributed by atoms with Crippen molar-refractivity contribution in [2.24, 2.45) is 5.73 Å². The number of hydrogen-bond donors (Lipinski definition) is 2. The first-order chi connectivity index (χ1) is 4.65. The number of hydrogen-bond acceptors (Lipinski definition) is 2. The minimum Gasteiger partial charge on any atom is -0.380 e. The molecule has 1 fully saturated rings. The van der Waals surface area contributed by atoms with E-state index in [1.54, 1.807) is 6.42 Å². The van der Waals surface area contributed by atoms with Gasteiger partial charge >= 0.3 is 0 Å². The van der Waals surface area contributed by atoms with Gasteiger partial charge in [-0.2, -0.15) is 0 Å². The summed E-state index contributed by atoms with van der Waals surface area (Å²) < 4.78 is 0. The molecule has 0 unspecified atom stereocenters. The molecule has 1 radical (unpaired) electrons. The summed E-state index contributed by atoms with van der Waals surface area (Å²) in [6.45, 7) is 0. The predicted octanol–water partition coefficient (Wildman–Crippen LogP) is -0.0189. The highest BCUT2D eigenvalue weighted by Crippen LogP contribution is 2.26. The molecular weight excluding hydrogens is 130 g/mol. The molecule has 1 rings (SSSR count). The summed E-state index contributed by atoms with van der Waals surface area (Å²) in [5.41, 5.74) is 3.67. The van der Waals surface area contributed by atoms with Crippen molar-refractivity contribution in [3.63, 3.8) is 0 Å². The lowest BCUT2D eigenvalue weighted by molar-refractivity contribution is -0.134. The molecule has 0 aromatic carbocycles. The van der Waals surface area contributed by atoms with Crippen LogP contribution in [0.15, 0.2) is 0 Å². The maximum atomic E-state index is 10.6. The second-order valence-electron chi connectivity index (χ2n) is 2.74. The zero-order chi connectivity index (χ0) is 7.61. The number of carbonyl (C=O) groups is 1. The second kappa shape index (κ2) is 2.58. The van der Waals surface area contributed by atoms with E-state index in [4.69, 9.17) is 5.73 Å². The molecule has 0 bridgehead atoms. The Morgan fingerprint density at radius 2 is 2.30 bits per heavy atom. The maximum Gasteiger partial charge on any atom is 0.249 e. The van der Waals surface area contributed by atoms with Crippen LogP contribution in [0, 0.1) is 6.42 Å². The van der Waals surface area contributed by atoms with E-state index in [1.165, 1.54) is 0 Å². The first kappa shape index (κ1) is 7.54. The molecule has 1 aliphatic carbocycles. The van der Waals surface area contributed by atoms with Gasteiger partial charge in [-0.1, -0.05) is 12.8 Å². The van der Waals surface area contributed by atoms with Gasteiger partial charge in [0, 0.05) is 6.42 Å². The molecule has 3 heteroatoms. The Morgan fingerprint density at radius 1 is 1.60 bits per heavy atom. The zero-order valence-electron chi connectivity index (χ0n) is 5.84. The highest BCUT2D eigenvalue weighted by atomic mass is 16.3. The number of carbonyl (C=O) groups excluding carboxylic acids is 1. The van der Waals surface area contributed by atoms with Gasteiger partial charge in [0.15, 0.2) is 0 Å². The number of primary amides is 1. The Hall–Kier alpha value is -0.570. The molecule has 0 spiro atoms. The normalized spacial score (nSPS) is 24.1. The van der Waals surface area contributed by atoms with Crippen molar-refractivity contribution >= 4 is 5.91 Å². The van der Waals surface area contributed by atoms with E-state index in [2.05, 4.69) is 0 Å². The van der Waals surface area contributed by atoms with Crippen LogP contribution in [0.1, 0.15) is 25.7 Å². The summed E-state index contributed by atoms with van der Waals surface area (Å²) in [4.78, 5) is 10.6. The molecule has 0 aliphatic heterocycles. The molecular formula is C7H12NO2. The smallest absolute Gasteiger partial charge is 0.249 e. The third-order valence-corrected chi connectivity index (χ3v) is 1.92. The largest absolute Gasteiger partial charge is 0.380 e. The molecule has 1 amide bonds. The number of nitrogens with two attached hydrogens (primary N) is 1. The Kier molecular flexibility index (Phi) is 1.94. The van der Waals surface area contributed by atoms with Crippen LogP contribution in [-0.2, 0) is 4.79 Å². The van der Waals surface area contributed by atoms with Gasteiger partial charge in [0.2, 0.25) is 5.91 Å². The van der Waals surface area contributed by atoms with E-state index in [0.29, 0.717) is 6.42 Å². The van der Waals surface area contributed by atoms with Crippen LogP contribution in [0.25, 0.3) is 0 Å². The average Bonchev–Trinajstić information content (AvgIpc) is 1.89. The van der Waals surface area contributed by atoms with Crippen LogP contribution < -0.4 is 5.73 Å². The van der Waals surface area contributed by atoms with E-state index >= 15 is 0 Å². The minimum absolute atomic E-state index is 0.488. The van der Waals surface area contributed by atoms with Crippen LogP contribution >= 0.6 is 0 Å². The molecule has 1 aliphatic rings. The average molecular weight is 142 g/mol. The minimum atomic E-state index is -1.31. The molecule has 3 N–H and O–H groups in total. The van der Waals surface area contributed by atoms with Crippen LogP contribution in [0.3, 0.4) is 0 Å². The fourth-order valence-electron chi connectivity index (χ4n) is 1.21.